The third-order valence-electron chi connectivity index (χ3n) is 3.14. The quantitative estimate of drug-likeness (QED) is 0.824. The molecule has 21 heavy (non-hydrogen) atoms. The molecule has 0 aliphatic rings. The van der Waals surface area contributed by atoms with Gasteiger partial charge in [0.05, 0.1) is 0 Å². The molecular weight excluding hydrogens is 274 g/mol. The van der Waals surface area contributed by atoms with E-state index in [0.717, 1.165) is 11.1 Å². The zero-order valence-corrected chi connectivity index (χ0v) is 11.5. The third-order valence-corrected chi connectivity index (χ3v) is 3.14. The van der Waals surface area contributed by atoms with Crippen LogP contribution in [0.25, 0.3) is 0 Å². The standard InChI is InChI=1S/C16H18F2N2O/c17-16(18)21-14-8-6-13(7-9-14)15(10-19)20-11-12-4-2-1-3-5-12/h1-9,15-16,20H,10-11,19H2. The van der Waals surface area contributed by atoms with Crippen molar-refractivity contribution in [2.45, 2.75) is 19.2 Å². The zero-order chi connectivity index (χ0) is 15.1. The molecule has 0 bridgehead atoms. The van der Waals surface area contributed by atoms with Gasteiger partial charge in [0.25, 0.3) is 0 Å². The number of halogens is 2. The van der Waals surface area contributed by atoms with Gasteiger partial charge in [-0.1, -0.05) is 42.5 Å². The van der Waals surface area contributed by atoms with Crippen molar-refractivity contribution >= 4 is 0 Å². The molecule has 2 aromatic carbocycles. The fourth-order valence-corrected chi connectivity index (χ4v) is 2.06. The van der Waals surface area contributed by atoms with E-state index in [9.17, 15) is 8.78 Å². The molecule has 0 aromatic heterocycles. The lowest BCUT2D eigenvalue weighted by molar-refractivity contribution is -0.0498. The van der Waals surface area contributed by atoms with E-state index in [0.29, 0.717) is 13.1 Å². The number of ether oxygens (including phenoxy) is 1. The Balaban J connectivity index is 1.97. The van der Waals surface area contributed by atoms with Crippen LogP contribution in [0.3, 0.4) is 0 Å². The van der Waals surface area contributed by atoms with Gasteiger partial charge in [0, 0.05) is 19.1 Å². The molecular formula is C16H18F2N2O. The smallest absolute Gasteiger partial charge is 0.387 e. The highest BCUT2D eigenvalue weighted by molar-refractivity contribution is 5.29. The summed E-state index contributed by atoms with van der Waals surface area (Å²) in [5.41, 5.74) is 7.87. The summed E-state index contributed by atoms with van der Waals surface area (Å²) in [4.78, 5) is 0. The van der Waals surface area contributed by atoms with Crippen LogP contribution in [0, 0.1) is 0 Å². The molecule has 0 radical (unpaired) electrons. The lowest BCUT2D eigenvalue weighted by Gasteiger charge is -2.18. The maximum atomic E-state index is 12.1. The van der Waals surface area contributed by atoms with E-state index >= 15 is 0 Å². The van der Waals surface area contributed by atoms with Crippen molar-refractivity contribution in [2.75, 3.05) is 6.54 Å². The van der Waals surface area contributed by atoms with Gasteiger partial charge >= 0.3 is 6.61 Å². The second kappa shape index (κ2) is 7.71. The largest absolute Gasteiger partial charge is 0.435 e. The number of alkyl halides is 2. The minimum Gasteiger partial charge on any atom is -0.435 e. The SMILES string of the molecule is NCC(NCc1ccccc1)c1ccc(OC(F)F)cc1. The average molecular weight is 292 g/mol. The molecule has 0 aliphatic carbocycles. The van der Waals surface area contributed by atoms with Crippen LogP contribution in [0.4, 0.5) is 8.78 Å². The fraction of sp³-hybridized carbons (Fsp3) is 0.250. The van der Waals surface area contributed by atoms with Crippen LogP contribution in [-0.4, -0.2) is 13.2 Å². The molecule has 0 aliphatic heterocycles. The maximum absolute atomic E-state index is 12.1. The van der Waals surface area contributed by atoms with Gasteiger partial charge in [-0.2, -0.15) is 8.78 Å². The predicted octanol–water partition coefficient (Wildman–Crippen LogP) is 3.08. The van der Waals surface area contributed by atoms with Gasteiger partial charge in [-0.25, -0.2) is 0 Å². The van der Waals surface area contributed by atoms with Gasteiger partial charge in [-0.05, 0) is 23.3 Å². The molecule has 0 amide bonds. The molecule has 0 saturated carbocycles. The Bertz CT molecular complexity index is 532. The second-order valence-electron chi connectivity index (χ2n) is 4.60. The van der Waals surface area contributed by atoms with Gasteiger partial charge in [-0.3, -0.25) is 0 Å². The van der Waals surface area contributed by atoms with Gasteiger partial charge in [0.2, 0.25) is 0 Å². The minimum atomic E-state index is -2.81. The summed E-state index contributed by atoms with van der Waals surface area (Å²) in [6.07, 6.45) is 0. The van der Waals surface area contributed by atoms with Crippen LogP contribution < -0.4 is 15.8 Å². The van der Waals surface area contributed by atoms with Gasteiger partial charge in [0.15, 0.2) is 0 Å². The van der Waals surface area contributed by atoms with Crippen LogP contribution in [0.2, 0.25) is 0 Å². The van der Waals surface area contributed by atoms with Gasteiger partial charge < -0.3 is 15.8 Å². The Labute approximate surface area is 122 Å². The zero-order valence-electron chi connectivity index (χ0n) is 11.5. The van der Waals surface area contributed by atoms with E-state index in [1.165, 1.54) is 12.1 Å². The average Bonchev–Trinajstić information content (AvgIpc) is 2.50. The lowest BCUT2D eigenvalue weighted by Crippen LogP contribution is -2.27. The van der Waals surface area contributed by atoms with E-state index in [1.807, 2.05) is 30.3 Å². The summed E-state index contributed by atoms with van der Waals surface area (Å²) in [6.45, 7) is -1.70. The highest BCUT2D eigenvalue weighted by Gasteiger charge is 2.10. The van der Waals surface area contributed by atoms with Crippen LogP contribution in [-0.2, 0) is 6.54 Å². The Morgan fingerprint density at radius 3 is 2.24 bits per heavy atom. The van der Waals surface area contributed by atoms with E-state index < -0.39 is 6.61 Å². The van der Waals surface area contributed by atoms with E-state index in [1.54, 1.807) is 12.1 Å². The van der Waals surface area contributed by atoms with Crippen LogP contribution in [0.1, 0.15) is 17.2 Å². The number of hydrogen-bond acceptors (Lipinski definition) is 3. The number of benzene rings is 2. The molecule has 1 atom stereocenters. The molecule has 0 saturated heterocycles. The summed E-state index contributed by atoms with van der Waals surface area (Å²) in [6, 6.07) is 16.5. The van der Waals surface area contributed by atoms with Gasteiger partial charge in [0.1, 0.15) is 5.75 Å². The topological polar surface area (TPSA) is 47.3 Å². The van der Waals surface area contributed by atoms with E-state index in [2.05, 4.69) is 10.1 Å². The van der Waals surface area contributed by atoms with Crippen molar-refractivity contribution in [1.29, 1.82) is 0 Å². The van der Waals surface area contributed by atoms with Crippen molar-refractivity contribution in [3.05, 3.63) is 65.7 Å². The summed E-state index contributed by atoms with van der Waals surface area (Å²) in [5, 5.41) is 3.35. The van der Waals surface area contributed by atoms with Crippen LogP contribution in [0.15, 0.2) is 54.6 Å². The van der Waals surface area contributed by atoms with Crippen molar-refractivity contribution in [2.24, 2.45) is 5.73 Å². The summed E-state index contributed by atoms with van der Waals surface area (Å²) in [5.74, 6) is 0.146. The van der Waals surface area contributed by atoms with Crippen molar-refractivity contribution < 1.29 is 13.5 Å². The van der Waals surface area contributed by atoms with Crippen molar-refractivity contribution in [3.63, 3.8) is 0 Å². The monoisotopic (exact) mass is 292 g/mol. The molecule has 3 N–H and O–H groups in total. The molecule has 2 rings (SSSR count). The number of hydrogen-bond donors (Lipinski definition) is 2. The Morgan fingerprint density at radius 1 is 1.00 bits per heavy atom. The first kappa shape index (κ1) is 15.4. The fourth-order valence-electron chi connectivity index (χ4n) is 2.06. The first-order valence-corrected chi connectivity index (χ1v) is 6.71. The maximum Gasteiger partial charge on any atom is 0.387 e. The molecule has 0 fully saturated rings. The highest BCUT2D eigenvalue weighted by atomic mass is 19.3. The van der Waals surface area contributed by atoms with Crippen LogP contribution in [0.5, 0.6) is 5.75 Å². The van der Waals surface area contributed by atoms with Crippen molar-refractivity contribution in [1.82, 2.24) is 5.32 Å². The highest BCUT2D eigenvalue weighted by Crippen LogP contribution is 2.19. The number of rotatable bonds is 7. The Morgan fingerprint density at radius 2 is 1.67 bits per heavy atom. The molecule has 3 nitrogen and oxygen atoms in total. The molecule has 2 aromatic rings. The first-order valence-electron chi connectivity index (χ1n) is 6.71. The Kier molecular flexibility index (Phi) is 5.66. The minimum absolute atomic E-state index is 0.0363. The third kappa shape index (κ3) is 4.81. The number of nitrogens with two attached hydrogens (primary N) is 1. The van der Waals surface area contributed by atoms with E-state index in [-0.39, 0.29) is 11.8 Å². The summed E-state index contributed by atoms with van der Waals surface area (Å²) < 4.78 is 28.5. The normalized spacial score (nSPS) is 12.4. The number of nitrogens with one attached hydrogen (secondary N) is 1. The van der Waals surface area contributed by atoms with Crippen LogP contribution >= 0.6 is 0 Å². The molecule has 112 valence electrons. The lowest BCUT2D eigenvalue weighted by atomic mass is 10.1. The molecule has 5 heteroatoms. The van der Waals surface area contributed by atoms with Gasteiger partial charge in [-0.15, -0.1) is 0 Å². The first-order chi connectivity index (χ1) is 10.2. The Hall–Kier alpha value is -1.98. The van der Waals surface area contributed by atoms with E-state index in [4.69, 9.17) is 5.73 Å². The molecule has 0 heterocycles. The molecule has 0 spiro atoms. The molecule has 1 unspecified atom stereocenters. The summed E-state index contributed by atoms with van der Waals surface area (Å²) in [7, 11) is 0. The van der Waals surface area contributed by atoms with Crippen molar-refractivity contribution in [3.8, 4) is 5.75 Å². The predicted molar refractivity (Wildman–Crippen MR) is 78.2 cm³/mol. The summed E-state index contributed by atoms with van der Waals surface area (Å²) >= 11 is 0. The second-order valence-corrected chi connectivity index (χ2v) is 4.60.